The molecule has 98 valence electrons. The number of nitrogens with two attached hydrogens (primary N) is 1. The van der Waals surface area contributed by atoms with Crippen LogP contribution in [-0.2, 0) is 26.4 Å². The molecule has 0 unspecified atom stereocenters. The van der Waals surface area contributed by atoms with E-state index in [2.05, 4.69) is 21.6 Å². The van der Waals surface area contributed by atoms with Gasteiger partial charge in [-0.05, 0) is 13.0 Å². The summed E-state index contributed by atoms with van der Waals surface area (Å²) in [4.78, 5) is 4.30. The summed E-state index contributed by atoms with van der Waals surface area (Å²) in [6.07, 6.45) is 5.34. The van der Waals surface area contributed by atoms with Gasteiger partial charge in [-0.25, -0.2) is 4.98 Å². The van der Waals surface area contributed by atoms with Gasteiger partial charge in [-0.15, -0.1) is 0 Å². The number of nitrogens with zero attached hydrogens (tertiary/aromatic N) is 4. The second-order valence-electron chi connectivity index (χ2n) is 4.19. The summed E-state index contributed by atoms with van der Waals surface area (Å²) < 4.78 is 3.91. The number of hydrogen-bond acceptors (Lipinski definition) is 3. The Balaban J connectivity index is 2.28. The van der Waals surface area contributed by atoms with Crippen molar-refractivity contribution in [1.82, 2.24) is 19.3 Å². The topological polar surface area (TPSA) is 61.7 Å². The van der Waals surface area contributed by atoms with Gasteiger partial charge >= 0.3 is 0 Å². The molecule has 0 aromatic carbocycles. The summed E-state index contributed by atoms with van der Waals surface area (Å²) in [5, 5.41) is 5.17. The van der Waals surface area contributed by atoms with Crippen molar-refractivity contribution in [1.29, 1.82) is 0 Å². The molecule has 2 heterocycles. The third-order valence-electron chi connectivity index (χ3n) is 2.99. The number of aromatic nitrogens is 4. The molecule has 0 radical (unpaired) electrons. The Bertz CT molecular complexity index is 529. The summed E-state index contributed by atoms with van der Waals surface area (Å²) in [5.41, 5.74) is 7.51. The van der Waals surface area contributed by atoms with E-state index in [0.29, 0.717) is 13.1 Å². The van der Waals surface area contributed by atoms with E-state index in [1.165, 1.54) is 0 Å². The van der Waals surface area contributed by atoms with Crippen LogP contribution in [0.5, 0.6) is 0 Å². The lowest BCUT2D eigenvalue weighted by molar-refractivity contribution is 0.639. The zero-order valence-electron chi connectivity index (χ0n) is 10.7. The van der Waals surface area contributed by atoms with Crippen LogP contribution in [0.4, 0.5) is 0 Å². The molecule has 0 spiro atoms. The lowest BCUT2D eigenvalue weighted by Gasteiger charge is -2.08. The molecule has 0 atom stereocenters. The fourth-order valence-electron chi connectivity index (χ4n) is 1.99. The van der Waals surface area contributed by atoms with E-state index in [1.807, 2.05) is 17.9 Å². The minimum absolute atomic E-state index is 0.594. The molecule has 2 N–H and O–H groups in total. The van der Waals surface area contributed by atoms with Gasteiger partial charge in [0.05, 0.1) is 23.0 Å². The van der Waals surface area contributed by atoms with Crippen molar-refractivity contribution in [3.8, 4) is 0 Å². The molecule has 0 aliphatic carbocycles. The minimum Gasteiger partial charge on any atom is -0.330 e. The summed E-state index contributed by atoms with van der Waals surface area (Å²) in [5.74, 6) is 0.979. The predicted octanol–water partition coefficient (Wildman–Crippen LogP) is 1.38. The van der Waals surface area contributed by atoms with Gasteiger partial charge in [0.15, 0.2) is 0 Å². The summed E-state index contributed by atoms with van der Waals surface area (Å²) in [7, 11) is 1.92. The second kappa shape index (κ2) is 5.54. The lowest BCUT2D eigenvalue weighted by Crippen LogP contribution is -2.12. The van der Waals surface area contributed by atoms with Gasteiger partial charge in [0, 0.05) is 25.9 Å². The van der Waals surface area contributed by atoms with Crippen LogP contribution >= 0.6 is 11.6 Å². The maximum absolute atomic E-state index is 6.33. The molecule has 6 heteroatoms. The summed E-state index contributed by atoms with van der Waals surface area (Å²) in [6, 6.07) is 0. The highest BCUT2D eigenvalue weighted by Crippen LogP contribution is 2.22. The first-order valence-corrected chi connectivity index (χ1v) is 6.45. The van der Waals surface area contributed by atoms with E-state index in [0.717, 1.165) is 35.1 Å². The number of imidazole rings is 1. The van der Waals surface area contributed by atoms with Crippen LogP contribution in [0.2, 0.25) is 5.02 Å². The maximum atomic E-state index is 6.33. The molecule has 0 bridgehead atoms. The Labute approximate surface area is 112 Å². The normalized spacial score (nSPS) is 11.1. The number of aryl methyl sites for hydroxylation is 2. The Hall–Kier alpha value is -1.33. The second-order valence-corrected chi connectivity index (χ2v) is 4.57. The van der Waals surface area contributed by atoms with E-state index in [1.54, 1.807) is 6.20 Å². The summed E-state index contributed by atoms with van der Waals surface area (Å²) in [6.45, 7) is 3.32. The van der Waals surface area contributed by atoms with Crippen molar-refractivity contribution in [3.63, 3.8) is 0 Å². The zero-order chi connectivity index (χ0) is 13.1. The molecule has 0 fully saturated rings. The molecule has 2 aromatic rings. The smallest absolute Gasteiger partial charge is 0.110 e. The van der Waals surface area contributed by atoms with Gasteiger partial charge in [-0.1, -0.05) is 18.5 Å². The van der Waals surface area contributed by atoms with Crippen LogP contribution in [-0.4, -0.2) is 25.9 Å². The monoisotopic (exact) mass is 267 g/mol. The van der Waals surface area contributed by atoms with Crippen molar-refractivity contribution in [2.45, 2.75) is 26.3 Å². The predicted molar refractivity (Wildman–Crippen MR) is 71.7 cm³/mol. The standard InChI is InChI=1S/C12H18ClN5/c1-3-9-12(13)10(17(2)16-9)8-18-7-6-15-11(18)4-5-14/h6-7H,3-5,8,14H2,1-2H3. The van der Waals surface area contributed by atoms with E-state index in [9.17, 15) is 0 Å². The molecular formula is C12H18ClN5. The van der Waals surface area contributed by atoms with Crippen LogP contribution in [0.3, 0.4) is 0 Å². The van der Waals surface area contributed by atoms with E-state index in [4.69, 9.17) is 17.3 Å². The first-order chi connectivity index (χ1) is 8.67. The van der Waals surface area contributed by atoms with Crippen molar-refractivity contribution in [3.05, 3.63) is 34.6 Å². The van der Waals surface area contributed by atoms with Crippen LogP contribution in [0.15, 0.2) is 12.4 Å². The van der Waals surface area contributed by atoms with Crippen LogP contribution in [0, 0.1) is 0 Å². The largest absolute Gasteiger partial charge is 0.330 e. The molecular weight excluding hydrogens is 250 g/mol. The fraction of sp³-hybridized carbons (Fsp3) is 0.500. The molecule has 0 aliphatic rings. The fourth-order valence-corrected chi connectivity index (χ4v) is 2.35. The van der Waals surface area contributed by atoms with Gasteiger partial charge in [0.1, 0.15) is 5.82 Å². The van der Waals surface area contributed by atoms with Gasteiger partial charge in [-0.2, -0.15) is 5.10 Å². The highest BCUT2D eigenvalue weighted by atomic mass is 35.5. The van der Waals surface area contributed by atoms with Crippen molar-refractivity contribution in [2.24, 2.45) is 12.8 Å². The molecule has 0 saturated heterocycles. The molecule has 2 rings (SSSR count). The number of rotatable bonds is 5. The van der Waals surface area contributed by atoms with Gasteiger partial charge in [0.2, 0.25) is 0 Å². The minimum atomic E-state index is 0.594. The molecule has 0 amide bonds. The van der Waals surface area contributed by atoms with E-state index < -0.39 is 0 Å². The quantitative estimate of drug-likeness (QED) is 0.890. The summed E-state index contributed by atoms with van der Waals surface area (Å²) >= 11 is 6.33. The first-order valence-electron chi connectivity index (χ1n) is 6.07. The SMILES string of the molecule is CCc1nn(C)c(Cn2ccnc2CCN)c1Cl. The highest BCUT2D eigenvalue weighted by molar-refractivity contribution is 6.31. The van der Waals surface area contributed by atoms with E-state index >= 15 is 0 Å². The molecule has 0 aliphatic heterocycles. The van der Waals surface area contributed by atoms with Gasteiger partial charge < -0.3 is 10.3 Å². The Morgan fingerprint density at radius 1 is 1.44 bits per heavy atom. The average molecular weight is 268 g/mol. The molecule has 5 nitrogen and oxygen atoms in total. The average Bonchev–Trinajstić information content (AvgIpc) is 2.89. The van der Waals surface area contributed by atoms with Crippen LogP contribution in [0.1, 0.15) is 24.1 Å². The van der Waals surface area contributed by atoms with Gasteiger partial charge in [-0.3, -0.25) is 4.68 Å². The first kappa shape index (κ1) is 13.1. The third-order valence-corrected chi connectivity index (χ3v) is 3.43. The third kappa shape index (κ3) is 2.42. The Morgan fingerprint density at radius 2 is 2.22 bits per heavy atom. The lowest BCUT2D eigenvalue weighted by atomic mass is 10.3. The van der Waals surface area contributed by atoms with Crippen molar-refractivity contribution in [2.75, 3.05) is 6.54 Å². The van der Waals surface area contributed by atoms with Gasteiger partial charge in [0.25, 0.3) is 0 Å². The number of halogens is 1. The zero-order valence-corrected chi connectivity index (χ0v) is 11.5. The van der Waals surface area contributed by atoms with E-state index in [-0.39, 0.29) is 0 Å². The molecule has 0 saturated carbocycles. The Morgan fingerprint density at radius 3 is 2.83 bits per heavy atom. The molecule has 18 heavy (non-hydrogen) atoms. The highest BCUT2D eigenvalue weighted by Gasteiger charge is 2.14. The van der Waals surface area contributed by atoms with Crippen LogP contribution < -0.4 is 5.73 Å². The van der Waals surface area contributed by atoms with Crippen molar-refractivity contribution < 1.29 is 0 Å². The number of hydrogen-bond donors (Lipinski definition) is 1. The van der Waals surface area contributed by atoms with Crippen molar-refractivity contribution >= 4 is 11.6 Å². The Kier molecular flexibility index (Phi) is 4.04. The maximum Gasteiger partial charge on any atom is 0.110 e. The molecule has 2 aromatic heterocycles. The van der Waals surface area contributed by atoms with Crippen LogP contribution in [0.25, 0.3) is 0 Å².